The highest BCUT2D eigenvalue weighted by molar-refractivity contribution is 6.99. The molecule has 1 aliphatic heterocycles. The minimum Gasteiger partial charge on any atom is -0.407 e. The topological polar surface area (TPSA) is 21.8 Å². The van der Waals surface area contributed by atoms with Crippen LogP contribution in [0.1, 0.15) is 33.6 Å². The molecule has 2 nitrogen and oxygen atoms in total. The molecule has 2 aromatic rings. The average molecular weight is 365 g/mol. The molecule has 1 unspecified atom stereocenters. The van der Waals surface area contributed by atoms with E-state index >= 15 is 0 Å². The number of benzene rings is 2. The normalized spacial score (nSPS) is 16.7. The third kappa shape index (κ3) is 4.27. The highest BCUT2D eigenvalue weighted by atomic mass is 28.4. The molecule has 0 amide bonds. The Bertz CT molecular complexity index is 710. The first-order valence-corrected chi connectivity index (χ1v) is 11.3. The molecule has 1 heterocycles. The maximum atomic E-state index is 6.83. The largest absolute Gasteiger partial charge is 0.407 e. The van der Waals surface area contributed by atoms with Gasteiger partial charge >= 0.3 is 0 Å². The Hall–Kier alpha value is -1.86. The van der Waals surface area contributed by atoms with Crippen molar-refractivity contribution in [3.63, 3.8) is 0 Å². The summed E-state index contributed by atoms with van der Waals surface area (Å²) < 4.78 is 12.0. The Morgan fingerprint density at radius 2 is 1.54 bits per heavy atom. The van der Waals surface area contributed by atoms with Crippen molar-refractivity contribution in [2.45, 2.75) is 44.8 Å². The summed E-state index contributed by atoms with van der Waals surface area (Å²) >= 11 is 0. The van der Waals surface area contributed by atoms with Gasteiger partial charge in [0, 0.05) is 13.0 Å². The van der Waals surface area contributed by atoms with Gasteiger partial charge in [0.25, 0.3) is 8.32 Å². The van der Waals surface area contributed by atoms with Crippen molar-refractivity contribution in [3.05, 3.63) is 60.7 Å². The zero-order valence-electron chi connectivity index (χ0n) is 16.0. The second kappa shape index (κ2) is 8.22. The molecule has 1 fully saturated rings. The minimum absolute atomic E-state index is 0.0310. The van der Waals surface area contributed by atoms with E-state index in [-0.39, 0.29) is 11.1 Å². The predicted octanol–water partition coefficient (Wildman–Crippen LogP) is 3.75. The van der Waals surface area contributed by atoms with E-state index in [1.54, 1.807) is 0 Å². The van der Waals surface area contributed by atoms with E-state index in [1.165, 1.54) is 10.4 Å². The van der Waals surface area contributed by atoms with Crippen LogP contribution in [0.25, 0.3) is 0 Å². The molecular weight excluding hydrogens is 336 g/mol. The van der Waals surface area contributed by atoms with E-state index in [2.05, 4.69) is 93.3 Å². The lowest BCUT2D eigenvalue weighted by Crippen LogP contribution is -2.66. The zero-order chi connectivity index (χ0) is 18.5. The summed E-state index contributed by atoms with van der Waals surface area (Å²) in [6.45, 7) is 8.45. The summed E-state index contributed by atoms with van der Waals surface area (Å²) in [5, 5.41) is 2.69. The number of unbranched alkanes of at least 4 members (excludes halogenated alkanes) is 1. The Kier molecular flexibility index (Phi) is 5.98. The van der Waals surface area contributed by atoms with Crippen molar-refractivity contribution in [2.24, 2.45) is 0 Å². The lowest BCUT2D eigenvalue weighted by atomic mass is 10.2. The molecule has 2 aromatic carbocycles. The molecular formula is C23H28O2Si. The Labute approximate surface area is 158 Å². The number of hydrogen-bond donors (Lipinski definition) is 0. The van der Waals surface area contributed by atoms with Crippen LogP contribution in [-0.2, 0) is 9.16 Å². The first-order valence-electron chi connectivity index (χ1n) is 9.39. The molecule has 1 saturated heterocycles. The minimum atomic E-state index is -2.39. The number of epoxide rings is 1. The predicted molar refractivity (Wildman–Crippen MR) is 110 cm³/mol. The van der Waals surface area contributed by atoms with Gasteiger partial charge in [-0.15, -0.1) is 5.92 Å². The van der Waals surface area contributed by atoms with Crippen LogP contribution in [0.4, 0.5) is 0 Å². The highest BCUT2D eigenvalue weighted by Gasteiger charge is 2.49. The molecule has 0 spiro atoms. The van der Waals surface area contributed by atoms with Crippen LogP contribution in [0, 0.1) is 11.8 Å². The van der Waals surface area contributed by atoms with E-state index in [1.807, 2.05) is 0 Å². The van der Waals surface area contributed by atoms with Gasteiger partial charge in [-0.3, -0.25) is 0 Å². The Morgan fingerprint density at radius 3 is 2.00 bits per heavy atom. The van der Waals surface area contributed by atoms with E-state index in [0.29, 0.717) is 0 Å². The van der Waals surface area contributed by atoms with Crippen LogP contribution in [0.5, 0.6) is 0 Å². The van der Waals surface area contributed by atoms with Gasteiger partial charge in [0.2, 0.25) is 0 Å². The summed E-state index contributed by atoms with van der Waals surface area (Å²) in [6.07, 6.45) is 2.00. The summed E-state index contributed by atoms with van der Waals surface area (Å²) in [5.41, 5.74) is 0. The van der Waals surface area contributed by atoms with Crippen molar-refractivity contribution < 1.29 is 9.16 Å². The number of ether oxygens (including phenoxy) is 1. The lowest BCUT2D eigenvalue weighted by Gasteiger charge is -2.43. The van der Waals surface area contributed by atoms with Crippen LogP contribution < -0.4 is 10.4 Å². The van der Waals surface area contributed by atoms with Crippen molar-refractivity contribution in [1.29, 1.82) is 0 Å². The first kappa shape index (κ1) is 18.9. The van der Waals surface area contributed by atoms with E-state index < -0.39 is 8.32 Å². The SMILES string of the molecule is CC(C)(C)[Si](OCCCC#CC1CO1)(c1ccccc1)c1ccccc1. The molecule has 0 aliphatic carbocycles. The summed E-state index contributed by atoms with van der Waals surface area (Å²) in [7, 11) is -2.39. The van der Waals surface area contributed by atoms with Gasteiger partial charge in [-0.2, -0.15) is 0 Å². The molecule has 1 aliphatic rings. The molecule has 3 rings (SSSR count). The second-order valence-electron chi connectivity index (χ2n) is 7.76. The van der Waals surface area contributed by atoms with Crippen LogP contribution in [0.3, 0.4) is 0 Å². The maximum absolute atomic E-state index is 6.83. The fraction of sp³-hybridized carbons (Fsp3) is 0.391. The van der Waals surface area contributed by atoms with Gasteiger partial charge in [-0.1, -0.05) is 87.4 Å². The molecule has 26 heavy (non-hydrogen) atoms. The van der Waals surface area contributed by atoms with Gasteiger partial charge in [0.15, 0.2) is 0 Å². The molecule has 0 saturated carbocycles. The Morgan fingerprint density at radius 1 is 1.00 bits per heavy atom. The van der Waals surface area contributed by atoms with Gasteiger partial charge < -0.3 is 9.16 Å². The van der Waals surface area contributed by atoms with Gasteiger partial charge in [-0.25, -0.2) is 0 Å². The highest BCUT2D eigenvalue weighted by Crippen LogP contribution is 2.36. The van der Waals surface area contributed by atoms with Gasteiger partial charge in [0.1, 0.15) is 6.10 Å². The van der Waals surface area contributed by atoms with Crippen LogP contribution in [0.2, 0.25) is 5.04 Å². The molecule has 3 heteroatoms. The third-order valence-electron chi connectivity index (χ3n) is 4.78. The summed E-state index contributed by atoms with van der Waals surface area (Å²) in [6, 6.07) is 21.6. The van der Waals surface area contributed by atoms with Crippen molar-refractivity contribution in [2.75, 3.05) is 13.2 Å². The standard InChI is InChI=1S/C23H28O2Si/c1-23(2,3)26(21-14-8-4-9-15-21,22-16-10-5-11-17-22)25-18-12-6-7-13-20-19-24-20/h4-5,8-11,14-17,20H,6,12,18-19H2,1-3H3. The molecule has 0 radical (unpaired) electrons. The smallest absolute Gasteiger partial charge is 0.261 e. The average Bonchev–Trinajstić information content (AvgIpc) is 3.46. The van der Waals surface area contributed by atoms with Crippen molar-refractivity contribution in [1.82, 2.24) is 0 Å². The maximum Gasteiger partial charge on any atom is 0.261 e. The van der Waals surface area contributed by atoms with Crippen molar-refractivity contribution >= 4 is 18.7 Å². The molecule has 0 aromatic heterocycles. The van der Waals surface area contributed by atoms with Crippen LogP contribution >= 0.6 is 0 Å². The second-order valence-corrected chi connectivity index (χ2v) is 12.1. The fourth-order valence-electron chi connectivity index (χ4n) is 3.46. The van der Waals surface area contributed by atoms with Crippen molar-refractivity contribution in [3.8, 4) is 11.8 Å². The molecule has 1 atom stereocenters. The third-order valence-corrected chi connectivity index (χ3v) is 9.82. The quantitative estimate of drug-likeness (QED) is 0.337. The molecule has 0 N–H and O–H groups in total. The van der Waals surface area contributed by atoms with Gasteiger partial charge in [-0.05, 0) is 21.8 Å². The monoisotopic (exact) mass is 364 g/mol. The van der Waals surface area contributed by atoms with Crippen LogP contribution in [0.15, 0.2) is 60.7 Å². The molecule has 0 bridgehead atoms. The fourth-order valence-corrected chi connectivity index (χ4v) is 8.07. The van der Waals surface area contributed by atoms with Gasteiger partial charge in [0.05, 0.1) is 6.61 Å². The van der Waals surface area contributed by atoms with E-state index in [4.69, 9.17) is 9.16 Å². The van der Waals surface area contributed by atoms with E-state index in [0.717, 1.165) is 26.1 Å². The zero-order valence-corrected chi connectivity index (χ0v) is 17.0. The summed E-state index contributed by atoms with van der Waals surface area (Å²) in [4.78, 5) is 0. The lowest BCUT2D eigenvalue weighted by molar-refractivity contribution is 0.293. The summed E-state index contributed by atoms with van der Waals surface area (Å²) in [5.74, 6) is 6.34. The Balaban J connectivity index is 1.86. The van der Waals surface area contributed by atoms with Crippen LogP contribution in [-0.4, -0.2) is 27.6 Å². The number of hydrogen-bond acceptors (Lipinski definition) is 2. The molecule has 136 valence electrons. The number of rotatable bonds is 6. The van der Waals surface area contributed by atoms with E-state index in [9.17, 15) is 0 Å². The first-order chi connectivity index (χ1) is 12.5.